The average Bonchev–Trinajstić information content (AvgIpc) is 3.28. The summed E-state index contributed by atoms with van der Waals surface area (Å²) in [7, 11) is 0. The molecule has 11 heteroatoms. The van der Waals surface area contributed by atoms with Crippen molar-refractivity contribution in [3.05, 3.63) is 42.2 Å². The van der Waals surface area contributed by atoms with Crippen LogP contribution < -0.4 is 16.6 Å². The smallest absolute Gasteiger partial charge is 0.241 e. The molecule has 2 aromatic heterocycles. The summed E-state index contributed by atoms with van der Waals surface area (Å²) in [5.41, 5.74) is 4.27. The van der Waals surface area contributed by atoms with Crippen molar-refractivity contribution in [1.82, 2.24) is 19.5 Å². The van der Waals surface area contributed by atoms with Gasteiger partial charge in [-0.05, 0) is 5.56 Å². The lowest BCUT2D eigenvalue weighted by Gasteiger charge is -2.17. The number of imidazole rings is 1. The highest BCUT2D eigenvalue weighted by Gasteiger charge is 2.44. The number of rotatable bonds is 6. The van der Waals surface area contributed by atoms with E-state index in [1.54, 1.807) is 0 Å². The fourth-order valence-electron chi connectivity index (χ4n) is 3.18. The molecule has 7 N–H and O–H groups in total. The lowest BCUT2D eigenvalue weighted by Crippen LogP contribution is -2.33. The van der Waals surface area contributed by atoms with Crippen molar-refractivity contribution in [2.45, 2.75) is 31.1 Å². The Morgan fingerprint density at radius 1 is 1.14 bits per heavy atom. The van der Waals surface area contributed by atoms with Crippen LogP contribution in [0.15, 0.2) is 36.7 Å². The number of aromatic nitrogens is 4. The van der Waals surface area contributed by atoms with E-state index in [0.29, 0.717) is 23.5 Å². The Morgan fingerprint density at radius 3 is 2.61 bits per heavy atom. The second kappa shape index (κ2) is 7.66. The molecule has 1 fully saturated rings. The first-order chi connectivity index (χ1) is 13.6. The first-order valence-electron chi connectivity index (χ1n) is 8.73. The maximum Gasteiger partial charge on any atom is 0.241 e. The van der Waals surface area contributed by atoms with E-state index in [2.05, 4.69) is 25.7 Å². The summed E-state index contributed by atoms with van der Waals surface area (Å²) < 4.78 is 7.05. The molecule has 1 aromatic carbocycles. The van der Waals surface area contributed by atoms with Gasteiger partial charge in [0.05, 0.1) is 12.9 Å². The summed E-state index contributed by atoms with van der Waals surface area (Å²) >= 11 is 0. The minimum Gasteiger partial charge on any atom is -0.394 e. The first-order valence-corrected chi connectivity index (χ1v) is 8.73. The summed E-state index contributed by atoms with van der Waals surface area (Å²) in [5.74, 6) is 6.10. The number of hydrogen-bond donors (Lipinski definition) is 6. The Hall–Kier alpha value is -2.83. The second-order valence-corrected chi connectivity index (χ2v) is 6.43. The largest absolute Gasteiger partial charge is 0.394 e. The maximum atomic E-state index is 10.3. The van der Waals surface area contributed by atoms with Crippen LogP contribution in [0.5, 0.6) is 0 Å². The SMILES string of the molecule is NNc1nc(NCc2ccccc2)c2ncn([C@@H]3O[C@H](CO)[C@@H](O)[C@H]3O)c2n1. The number of aliphatic hydroxyl groups excluding tert-OH is 3. The van der Waals surface area contributed by atoms with Crippen molar-refractivity contribution in [3.63, 3.8) is 0 Å². The molecule has 1 saturated heterocycles. The molecule has 28 heavy (non-hydrogen) atoms. The Labute approximate surface area is 159 Å². The zero-order chi connectivity index (χ0) is 19.7. The number of ether oxygens (including phenoxy) is 1. The molecule has 1 aliphatic heterocycles. The number of nitrogens with one attached hydrogen (secondary N) is 2. The summed E-state index contributed by atoms with van der Waals surface area (Å²) in [5, 5.41) is 32.8. The van der Waals surface area contributed by atoms with Crippen LogP contribution in [0.3, 0.4) is 0 Å². The molecule has 1 aliphatic rings. The average molecular weight is 387 g/mol. The number of nitrogen functional groups attached to an aromatic ring is 1. The highest BCUT2D eigenvalue weighted by Crippen LogP contribution is 2.32. The Bertz CT molecular complexity index is 951. The lowest BCUT2D eigenvalue weighted by atomic mass is 10.1. The van der Waals surface area contributed by atoms with Crippen molar-refractivity contribution in [1.29, 1.82) is 0 Å². The van der Waals surface area contributed by atoms with Crippen molar-refractivity contribution < 1.29 is 20.1 Å². The van der Waals surface area contributed by atoms with Gasteiger partial charge in [-0.2, -0.15) is 9.97 Å². The molecular weight excluding hydrogens is 366 g/mol. The van der Waals surface area contributed by atoms with Gasteiger partial charge < -0.3 is 25.4 Å². The van der Waals surface area contributed by atoms with Crippen molar-refractivity contribution in [2.75, 3.05) is 17.3 Å². The Balaban J connectivity index is 1.69. The molecule has 4 rings (SSSR count). The van der Waals surface area contributed by atoms with E-state index in [9.17, 15) is 15.3 Å². The van der Waals surface area contributed by atoms with Crippen LogP contribution in [0, 0.1) is 0 Å². The molecule has 4 atom stereocenters. The normalized spacial score (nSPS) is 24.6. The van der Waals surface area contributed by atoms with Gasteiger partial charge in [0.15, 0.2) is 23.2 Å². The number of nitrogens with zero attached hydrogens (tertiary/aromatic N) is 4. The minimum absolute atomic E-state index is 0.150. The van der Waals surface area contributed by atoms with Crippen LogP contribution in [0.1, 0.15) is 11.8 Å². The van der Waals surface area contributed by atoms with Gasteiger partial charge in [-0.3, -0.25) is 9.99 Å². The zero-order valence-corrected chi connectivity index (χ0v) is 14.8. The van der Waals surface area contributed by atoms with Gasteiger partial charge in [0.2, 0.25) is 5.95 Å². The molecule has 0 spiro atoms. The second-order valence-electron chi connectivity index (χ2n) is 6.43. The number of benzene rings is 1. The van der Waals surface area contributed by atoms with Crippen LogP contribution >= 0.6 is 0 Å². The Kier molecular flexibility index (Phi) is 5.07. The van der Waals surface area contributed by atoms with Gasteiger partial charge in [-0.25, -0.2) is 10.8 Å². The zero-order valence-electron chi connectivity index (χ0n) is 14.8. The molecule has 0 bridgehead atoms. The molecule has 0 radical (unpaired) electrons. The van der Waals surface area contributed by atoms with E-state index in [-0.39, 0.29) is 5.95 Å². The van der Waals surface area contributed by atoms with E-state index in [1.165, 1.54) is 10.9 Å². The molecule has 0 unspecified atom stereocenters. The molecule has 11 nitrogen and oxygen atoms in total. The van der Waals surface area contributed by atoms with Gasteiger partial charge >= 0.3 is 0 Å². The number of anilines is 2. The van der Waals surface area contributed by atoms with Crippen LogP contribution in [0.4, 0.5) is 11.8 Å². The minimum atomic E-state index is -1.25. The van der Waals surface area contributed by atoms with Crippen molar-refractivity contribution in [3.8, 4) is 0 Å². The van der Waals surface area contributed by atoms with Crippen LogP contribution in [-0.4, -0.2) is 59.8 Å². The highest BCUT2D eigenvalue weighted by molar-refractivity contribution is 5.84. The highest BCUT2D eigenvalue weighted by atomic mass is 16.6. The number of fused-ring (bicyclic) bond motifs is 1. The van der Waals surface area contributed by atoms with Crippen molar-refractivity contribution in [2.24, 2.45) is 5.84 Å². The third-order valence-corrected chi connectivity index (χ3v) is 4.64. The molecule has 0 amide bonds. The summed E-state index contributed by atoms with van der Waals surface area (Å²) in [6.45, 7) is 0.0908. The number of aliphatic hydroxyl groups is 3. The van der Waals surface area contributed by atoms with E-state index in [0.717, 1.165) is 5.56 Å². The topological polar surface area (TPSA) is 164 Å². The van der Waals surface area contributed by atoms with Crippen LogP contribution in [0.2, 0.25) is 0 Å². The predicted octanol–water partition coefficient (Wildman–Crippen LogP) is -0.665. The third-order valence-electron chi connectivity index (χ3n) is 4.64. The summed E-state index contributed by atoms with van der Waals surface area (Å²) in [6.07, 6.45) is -2.90. The molecule has 0 aliphatic carbocycles. The predicted molar refractivity (Wildman–Crippen MR) is 99.9 cm³/mol. The van der Waals surface area contributed by atoms with E-state index >= 15 is 0 Å². The fourth-order valence-corrected chi connectivity index (χ4v) is 3.18. The maximum absolute atomic E-state index is 10.3. The molecular formula is C17H21N7O4. The fraction of sp³-hybridized carbons (Fsp3) is 0.353. The van der Waals surface area contributed by atoms with E-state index in [4.69, 9.17) is 10.6 Å². The quantitative estimate of drug-likeness (QED) is 0.236. The number of nitrogens with two attached hydrogens (primary N) is 1. The lowest BCUT2D eigenvalue weighted by molar-refractivity contribution is -0.0511. The van der Waals surface area contributed by atoms with Gasteiger partial charge in [0.1, 0.15) is 18.3 Å². The first kappa shape index (κ1) is 18.5. The molecule has 148 valence electrons. The standard InChI is InChI=1S/C17H21N7O4/c18-23-17-21-14(19-6-9-4-2-1-3-5-9)11-15(22-17)24(8-20-11)16-13(27)12(26)10(7-25)28-16/h1-5,8,10,12-13,16,25-27H,6-7,18H2,(H2,19,21,22,23)/t10-,12-,13-,16-/m1/s1. The van der Waals surface area contributed by atoms with Crippen molar-refractivity contribution >= 4 is 22.9 Å². The van der Waals surface area contributed by atoms with E-state index < -0.39 is 31.1 Å². The Morgan fingerprint density at radius 2 is 1.93 bits per heavy atom. The third kappa shape index (κ3) is 3.25. The number of hydrazine groups is 1. The summed E-state index contributed by atoms with van der Waals surface area (Å²) in [6, 6.07) is 9.77. The van der Waals surface area contributed by atoms with Gasteiger partial charge in [-0.1, -0.05) is 30.3 Å². The van der Waals surface area contributed by atoms with Crippen LogP contribution in [-0.2, 0) is 11.3 Å². The molecule has 3 aromatic rings. The summed E-state index contributed by atoms with van der Waals surface area (Å²) in [4.78, 5) is 12.9. The van der Waals surface area contributed by atoms with Gasteiger partial charge in [-0.15, -0.1) is 0 Å². The van der Waals surface area contributed by atoms with E-state index in [1.807, 2.05) is 30.3 Å². The van der Waals surface area contributed by atoms with Gasteiger partial charge in [0, 0.05) is 6.54 Å². The van der Waals surface area contributed by atoms with Gasteiger partial charge in [0.25, 0.3) is 0 Å². The monoisotopic (exact) mass is 387 g/mol. The van der Waals surface area contributed by atoms with Crippen LogP contribution in [0.25, 0.3) is 11.2 Å². The molecule has 0 saturated carbocycles. The molecule has 3 heterocycles. The number of hydrogen-bond acceptors (Lipinski definition) is 10.